The number of aromatic nitrogens is 1. The van der Waals surface area contributed by atoms with Crippen molar-refractivity contribution in [2.75, 3.05) is 0 Å². The van der Waals surface area contributed by atoms with E-state index < -0.39 is 0 Å². The average molecular weight is 404 g/mol. The van der Waals surface area contributed by atoms with Gasteiger partial charge in [-0.2, -0.15) is 0 Å². The van der Waals surface area contributed by atoms with E-state index in [1.807, 2.05) is 48.1 Å². The van der Waals surface area contributed by atoms with Gasteiger partial charge in [-0.25, -0.2) is 8.78 Å². The zero-order valence-electron chi connectivity index (χ0n) is 16.6. The van der Waals surface area contributed by atoms with Crippen LogP contribution in [0, 0.1) is 11.6 Å². The van der Waals surface area contributed by atoms with Crippen molar-refractivity contribution in [1.82, 2.24) is 9.88 Å². The first kappa shape index (κ1) is 19.8. The lowest BCUT2D eigenvalue weighted by Crippen LogP contribution is -2.25. The molecule has 3 aromatic carbocycles. The van der Waals surface area contributed by atoms with Crippen molar-refractivity contribution in [3.05, 3.63) is 107 Å². The van der Waals surface area contributed by atoms with Crippen molar-refractivity contribution in [2.45, 2.75) is 18.9 Å². The Bertz CT molecular complexity index is 1180. The van der Waals surface area contributed by atoms with Gasteiger partial charge >= 0.3 is 0 Å². The molecule has 0 spiro atoms. The van der Waals surface area contributed by atoms with Crippen molar-refractivity contribution >= 4 is 16.8 Å². The SMILES string of the molecule is Cn1cc([C@H](CC(=O)NCc2ccc(F)cc2)c2cccc(F)c2)c2ccccc21. The first-order chi connectivity index (χ1) is 14.5. The van der Waals surface area contributed by atoms with Gasteiger partial charge in [-0.1, -0.05) is 42.5 Å². The molecule has 0 bridgehead atoms. The van der Waals surface area contributed by atoms with Crippen LogP contribution in [0.3, 0.4) is 0 Å². The molecule has 1 N–H and O–H groups in total. The number of benzene rings is 3. The van der Waals surface area contributed by atoms with Crippen LogP contribution in [-0.2, 0) is 18.4 Å². The van der Waals surface area contributed by atoms with E-state index in [1.165, 1.54) is 24.3 Å². The Morgan fingerprint density at radius 3 is 2.50 bits per heavy atom. The fraction of sp³-hybridized carbons (Fsp3) is 0.160. The van der Waals surface area contributed by atoms with Gasteiger partial charge in [0.05, 0.1) is 0 Å². The average Bonchev–Trinajstić information content (AvgIpc) is 3.08. The Morgan fingerprint density at radius 2 is 1.73 bits per heavy atom. The summed E-state index contributed by atoms with van der Waals surface area (Å²) < 4.78 is 29.1. The Balaban J connectivity index is 1.62. The number of nitrogens with one attached hydrogen (secondary N) is 1. The molecule has 0 radical (unpaired) electrons. The highest BCUT2D eigenvalue weighted by atomic mass is 19.1. The Labute approximate surface area is 174 Å². The Morgan fingerprint density at radius 1 is 0.967 bits per heavy atom. The minimum absolute atomic E-state index is 0.151. The molecule has 1 amide bonds. The molecular weight excluding hydrogens is 382 g/mol. The molecule has 5 heteroatoms. The Hall–Kier alpha value is -3.47. The third-order valence-corrected chi connectivity index (χ3v) is 5.35. The van der Waals surface area contributed by atoms with E-state index in [4.69, 9.17) is 0 Å². The van der Waals surface area contributed by atoms with Gasteiger partial charge in [0.2, 0.25) is 5.91 Å². The quantitative estimate of drug-likeness (QED) is 0.465. The normalized spacial score (nSPS) is 12.1. The number of carbonyl (C=O) groups excluding carboxylic acids is 1. The van der Waals surface area contributed by atoms with E-state index in [0.29, 0.717) is 6.54 Å². The maximum atomic E-state index is 14.0. The summed E-state index contributed by atoms with van der Waals surface area (Å²) >= 11 is 0. The number of hydrogen-bond donors (Lipinski definition) is 1. The van der Waals surface area contributed by atoms with Crippen LogP contribution in [0.25, 0.3) is 10.9 Å². The van der Waals surface area contributed by atoms with Crippen LogP contribution in [0.4, 0.5) is 8.78 Å². The molecule has 1 atom stereocenters. The van der Waals surface area contributed by atoms with Crippen molar-refractivity contribution in [1.29, 1.82) is 0 Å². The largest absolute Gasteiger partial charge is 0.352 e. The van der Waals surface area contributed by atoms with Gasteiger partial charge in [0.25, 0.3) is 0 Å². The lowest BCUT2D eigenvalue weighted by molar-refractivity contribution is -0.121. The van der Waals surface area contributed by atoms with Crippen LogP contribution in [0.5, 0.6) is 0 Å². The highest BCUT2D eigenvalue weighted by Crippen LogP contribution is 2.34. The third-order valence-electron chi connectivity index (χ3n) is 5.35. The first-order valence-corrected chi connectivity index (χ1v) is 9.82. The van der Waals surface area contributed by atoms with Crippen LogP contribution in [0.15, 0.2) is 79.0 Å². The molecule has 4 rings (SSSR count). The fourth-order valence-corrected chi connectivity index (χ4v) is 3.84. The number of hydrogen-bond acceptors (Lipinski definition) is 1. The maximum Gasteiger partial charge on any atom is 0.221 e. The third kappa shape index (κ3) is 4.25. The molecular formula is C25H22F2N2O. The predicted octanol–water partition coefficient (Wildman–Crippen LogP) is 5.29. The summed E-state index contributed by atoms with van der Waals surface area (Å²) in [5.74, 6) is -1.09. The second-order valence-corrected chi connectivity index (χ2v) is 7.43. The van der Waals surface area contributed by atoms with Crippen LogP contribution in [-0.4, -0.2) is 10.5 Å². The van der Waals surface area contributed by atoms with E-state index >= 15 is 0 Å². The number of halogens is 2. The zero-order chi connectivity index (χ0) is 21.1. The number of aryl methyl sites for hydroxylation is 1. The highest BCUT2D eigenvalue weighted by molar-refractivity contribution is 5.86. The summed E-state index contributed by atoms with van der Waals surface area (Å²) in [6.45, 7) is 0.310. The molecule has 0 aliphatic rings. The molecule has 3 nitrogen and oxygen atoms in total. The Kier molecular flexibility index (Phi) is 5.61. The predicted molar refractivity (Wildman–Crippen MR) is 114 cm³/mol. The lowest BCUT2D eigenvalue weighted by atomic mass is 9.88. The molecule has 152 valence electrons. The zero-order valence-corrected chi connectivity index (χ0v) is 16.6. The fourth-order valence-electron chi connectivity index (χ4n) is 3.84. The van der Waals surface area contributed by atoms with Gasteiger partial charge in [0.1, 0.15) is 11.6 Å². The smallest absolute Gasteiger partial charge is 0.221 e. The molecule has 1 aromatic heterocycles. The van der Waals surface area contributed by atoms with Gasteiger partial charge in [0, 0.05) is 43.0 Å². The van der Waals surface area contributed by atoms with Crippen molar-refractivity contribution in [2.24, 2.45) is 7.05 Å². The van der Waals surface area contributed by atoms with E-state index in [1.54, 1.807) is 18.2 Å². The van der Waals surface area contributed by atoms with Gasteiger partial charge in [-0.05, 0) is 47.0 Å². The van der Waals surface area contributed by atoms with E-state index in [2.05, 4.69) is 5.32 Å². The molecule has 1 heterocycles. The summed E-state index contributed by atoms with van der Waals surface area (Å²) in [5, 5.41) is 3.94. The van der Waals surface area contributed by atoms with Gasteiger partial charge in [-0.3, -0.25) is 4.79 Å². The standard InChI is InChI=1S/C25H22F2N2O/c1-29-16-23(21-7-2-3-8-24(21)29)22(18-5-4-6-20(27)13-18)14-25(30)28-15-17-9-11-19(26)12-10-17/h2-13,16,22H,14-15H2,1H3,(H,28,30)/t22-/m1/s1. The molecule has 0 aliphatic heterocycles. The molecule has 0 saturated carbocycles. The number of amides is 1. The number of nitrogens with zero attached hydrogens (tertiary/aromatic N) is 1. The van der Waals surface area contributed by atoms with Crippen LogP contribution < -0.4 is 5.32 Å². The minimum atomic E-state index is -0.329. The van der Waals surface area contributed by atoms with E-state index in [0.717, 1.165) is 27.6 Å². The van der Waals surface area contributed by atoms with Crippen molar-refractivity contribution < 1.29 is 13.6 Å². The molecule has 4 aromatic rings. The molecule has 0 unspecified atom stereocenters. The summed E-state index contributed by atoms with van der Waals surface area (Å²) in [7, 11) is 1.96. The number of fused-ring (bicyclic) bond motifs is 1. The summed E-state index contributed by atoms with van der Waals surface area (Å²) in [6, 6.07) is 20.4. The number of rotatable bonds is 6. The topological polar surface area (TPSA) is 34.0 Å². The van der Waals surface area contributed by atoms with Gasteiger partial charge in [-0.15, -0.1) is 0 Å². The van der Waals surface area contributed by atoms with E-state index in [-0.39, 0.29) is 29.9 Å². The van der Waals surface area contributed by atoms with Gasteiger partial charge in [0.15, 0.2) is 0 Å². The molecule has 30 heavy (non-hydrogen) atoms. The van der Waals surface area contributed by atoms with Gasteiger partial charge < -0.3 is 9.88 Å². The second-order valence-electron chi connectivity index (χ2n) is 7.43. The highest BCUT2D eigenvalue weighted by Gasteiger charge is 2.22. The van der Waals surface area contributed by atoms with Crippen LogP contribution in [0.2, 0.25) is 0 Å². The van der Waals surface area contributed by atoms with Crippen LogP contribution in [0.1, 0.15) is 29.0 Å². The minimum Gasteiger partial charge on any atom is -0.352 e. The maximum absolute atomic E-state index is 14.0. The van der Waals surface area contributed by atoms with E-state index in [9.17, 15) is 13.6 Å². The summed E-state index contributed by atoms with van der Waals surface area (Å²) in [6.07, 6.45) is 2.19. The monoisotopic (exact) mass is 404 g/mol. The van der Waals surface area contributed by atoms with Crippen molar-refractivity contribution in [3.8, 4) is 0 Å². The van der Waals surface area contributed by atoms with Crippen molar-refractivity contribution in [3.63, 3.8) is 0 Å². The molecule has 0 aliphatic carbocycles. The first-order valence-electron chi connectivity index (χ1n) is 9.82. The summed E-state index contributed by atoms with van der Waals surface area (Å²) in [5.41, 5.74) is 3.61. The molecule has 0 saturated heterocycles. The molecule has 0 fully saturated rings. The van der Waals surface area contributed by atoms with Crippen LogP contribution >= 0.6 is 0 Å². The summed E-state index contributed by atoms with van der Waals surface area (Å²) in [4.78, 5) is 12.8. The number of carbonyl (C=O) groups is 1. The lowest BCUT2D eigenvalue weighted by Gasteiger charge is -2.17. The number of para-hydroxylation sites is 1. The second kappa shape index (κ2) is 8.49.